The van der Waals surface area contributed by atoms with Gasteiger partial charge in [0, 0.05) is 18.6 Å². The van der Waals surface area contributed by atoms with Crippen LogP contribution in [-0.4, -0.2) is 75.0 Å². The van der Waals surface area contributed by atoms with Crippen LogP contribution in [-0.2, 0) is 32.0 Å². The van der Waals surface area contributed by atoms with Crippen molar-refractivity contribution in [1.82, 2.24) is 16.0 Å². The number of aromatic hydroxyl groups is 1. The molecular weight excluding hydrogens is 500 g/mol. The lowest BCUT2D eigenvalue weighted by atomic mass is 10.0. The molecule has 0 bridgehead atoms. The minimum Gasteiger partial charge on any atom is -0.508 e. The number of amides is 3. The summed E-state index contributed by atoms with van der Waals surface area (Å²) >= 11 is 3.98. The second-order valence-electron chi connectivity index (χ2n) is 8.54. The first-order chi connectivity index (χ1) is 17.5. The summed E-state index contributed by atoms with van der Waals surface area (Å²) in [5, 5.41) is 36.6. The highest BCUT2D eigenvalue weighted by Crippen LogP contribution is 2.12. The molecule has 2 aromatic carbocycles. The van der Waals surface area contributed by atoms with Crippen molar-refractivity contribution in [3.8, 4) is 5.75 Å². The van der Waals surface area contributed by atoms with Gasteiger partial charge in [-0.05, 0) is 30.2 Å². The number of carboxylic acid groups (broad SMARTS) is 1. The Morgan fingerprint density at radius 1 is 0.838 bits per heavy atom. The molecule has 200 valence electrons. The zero-order valence-electron chi connectivity index (χ0n) is 20.2. The smallest absolute Gasteiger partial charge is 0.326 e. The SMILES string of the molecule is CC(O)C(NC(=O)C(Cc1ccc(O)cc1)NC(=O)C(N)CS)C(=O)NC(Cc1ccccc1)C(=O)O. The highest BCUT2D eigenvalue weighted by molar-refractivity contribution is 7.80. The molecule has 8 N–H and O–H groups in total. The average molecular weight is 533 g/mol. The molecule has 0 aliphatic rings. The molecule has 11 nitrogen and oxygen atoms in total. The van der Waals surface area contributed by atoms with E-state index in [0.717, 1.165) is 0 Å². The quantitative estimate of drug-likeness (QED) is 0.156. The standard InChI is InChI=1S/C25H32N4O7S/c1-14(30)21(24(34)28-20(25(35)36)12-15-5-3-2-4-6-15)29-23(33)19(27-22(32)18(26)13-37)11-16-7-9-17(31)10-8-16/h2-10,14,18-21,30-31,37H,11-13,26H2,1H3,(H,27,32)(H,28,34)(H,29,33)(H,35,36). The van der Waals surface area contributed by atoms with Crippen LogP contribution in [0.4, 0.5) is 0 Å². The fourth-order valence-corrected chi connectivity index (χ4v) is 3.57. The third-order valence-electron chi connectivity index (χ3n) is 5.50. The summed E-state index contributed by atoms with van der Waals surface area (Å²) in [5.41, 5.74) is 6.97. The topological polar surface area (TPSA) is 191 Å². The molecule has 0 aliphatic carbocycles. The van der Waals surface area contributed by atoms with Crippen LogP contribution < -0.4 is 21.7 Å². The van der Waals surface area contributed by atoms with E-state index >= 15 is 0 Å². The number of hydrogen-bond acceptors (Lipinski definition) is 8. The Balaban J connectivity index is 2.19. The molecule has 0 fully saturated rings. The van der Waals surface area contributed by atoms with E-state index < -0.39 is 54.0 Å². The highest BCUT2D eigenvalue weighted by atomic mass is 32.1. The lowest BCUT2D eigenvalue weighted by Gasteiger charge is -2.26. The molecule has 0 aromatic heterocycles. The van der Waals surface area contributed by atoms with Crippen LogP contribution in [0.3, 0.4) is 0 Å². The summed E-state index contributed by atoms with van der Waals surface area (Å²) in [6.45, 7) is 1.27. The number of phenols is 1. The van der Waals surface area contributed by atoms with Gasteiger partial charge in [0.1, 0.15) is 23.9 Å². The van der Waals surface area contributed by atoms with Crippen LogP contribution in [0.15, 0.2) is 54.6 Å². The molecule has 0 spiro atoms. The molecule has 0 heterocycles. The van der Waals surface area contributed by atoms with Crippen LogP contribution in [0.2, 0.25) is 0 Å². The van der Waals surface area contributed by atoms with Gasteiger partial charge in [-0.2, -0.15) is 12.6 Å². The van der Waals surface area contributed by atoms with E-state index in [4.69, 9.17) is 5.73 Å². The zero-order valence-corrected chi connectivity index (χ0v) is 21.1. The summed E-state index contributed by atoms with van der Waals surface area (Å²) in [6.07, 6.45) is -1.42. The van der Waals surface area contributed by atoms with Gasteiger partial charge in [-0.3, -0.25) is 14.4 Å². The van der Waals surface area contributed by atoms with E-state index in [1.807, 2.05) is 0 Å². The van der Waals surface area contributed by atoms with Crippen molar-refractivity contribution < 1.29 is 34.5 Å². The van der Waals surface area contributed by atoms with Gasteiger partial charge < -0.3 is 37.0 Å². The molecule has 2 aromatic rings. The predicted octanol–water partition coefficient (Wildman–Crippen LogP) is -0.646. The van der Waals surface area contributed by atoms with Crippen molar-refractivity contribution in [2.24, 2.45) is 5.73 Å². The van der Waals surface area contributed by atoms with Crippen molar-refractivity contribution in [1.29, 1.82) is 0 Å². The summed E-state index contributed by atoms with van der Waals surface area (Å²) in [7, 11) is 0. The number of aliphatic hydroxyl groups is 1. The van der Waals surface area contributed by atoms with Crippen molar-refractivity contribution in [3.05, 3.63) is 65.7 Å². The number of phenolic OH excluding ortho intramolecular Hbond substituents is 1. The number of carbonyl (C=O) groups is 4. The molecule has 0 saturated carbocycles. The van der Waals surface area contributed by atoms with Gasteiger partial charge in [0.15, 0.2) is 0 Å². The van der Waals surface area contributed by atoms with Gasteiger partial charge in [0.05, 0.1) is 12.1 Å². The van der Waals surface area contributed by atoms with Crippen LogP contribution in [0.5, 0.6) is 5.75 Å². The minimum absolute atomic E-state index is 0.0104. The number of nitrogens with one attached hydrogen (secondary N) is 3. The maximum Gasteiger partial charge on any atom is 0.326 e. The first-order valence-corrected chi connectivity index (χ1v) is 12.1. The third-order valence-corrected chi connectivity index (χ3v) is 5.90. The lowest BCUT2D eigenvalue weighted by molar-refractivity contribution is -0.143. The Labute approximate surface area is 219 Å². The molecule has 0 aliphatic heterocycles. The van der Waals surface area contributed by atoms with Crippen LogP contribution >= 0.6 is 12.6 Å². The third kappa shape index (κ3) is 9.41. The Bertz CT molecular complexity index is 1070. The number of carboxylic acids is 1. The number of thiol groups is 1. The van der Waals surface area contributed by atoms with E-state index in [9.17, 15) is 34.5 Å². The fraction of sp³-hybridized carbons (Fsp3) is 0.360. The molecule has 37 heavy (non-hydrogen) atoms. The van der Waals surface area contributed by atoms with Gasteiger partial charge in [0.2, 0.25) is 17.7 Å². The molecule has 3 amide bonds. The van der Waals surface area contributed by atoms with E-state index in [1.165, 1.54) is 19.1 Å². The lowest BCUT2D eigenvalue weighted by Crippen LogP contribution is -2.60. The fourth-order valence-electron chi connectivity index (χ4n) is 3.41. The van der Waals surface area contributed by atoms with Gasteiger partial charge >= 0.3 is 5.97 Å². The Kier molecular flexibility index (Phi) is 11.4. The van der Waals surface area contributed by atoms with Crippen LogP contribution in [0.1, 0.15) is 18.1 Å². The maximum absolute atomic E-state index is 13.1. The maximum atomic E-state index is 13.1. The number of nitrogens with two attached hydrogens (primary N) is 1. The van der Waals surface area contributed by atoms with E-state index in [0.29, 0.717) is 11.1 Å². The van der Waals surface area contributed by atoms with Crippen LogP contribution in [0.25, 0.3) is 0 Å². The monoisotopic (exact) mass is 532 g/mol. The van der Waals surface area contributed by atoms with Crippen molar-refractivity contribution >= 4 is 36.3 Å². The zero-order chi connectivity index (χ0) is 27.5. The number of carbonyl (C=O) groups excluding carboxylic acids is 3. The van der Waals surface area contributed by atoms with E-state index in [-0.39, 0.29) is 24.3 Å². The number of aliphatic carboxylic acids is 1. The minimum atomic E-state index is -1.51. The highest BCUT2D eigenvalue weighted by Gasteiger charge is 2.32. The number of rotatable bonds is 13. The molecule has 2 rings (SSSR count). The molecular formula is C25H32N4O7S. The summed E-state index contributed by atoms with van der Waals surface area (Å²) in [4.78, 5) is 50.2. The van der Waals surface area contributed by atoms with Crippen molar-refractivity contribution in [2.45, 2.75) is 50.0 Å². The molecule has 0 radical (unpaired) electrons. The number of aliphatic hydroxyl groups excluding tert-OH is 1. The molecule has 12 heteroatoms. The van der Waals surface area contributed by atoms with Gasteiger partial charge in [-0.1, -0.05) is 42.5 Å². The van der Waals surface area contributed by atoms with Gasteiger partial charge in [0.25, 0.3) is 0 Å². The van der Waals surface area contributed by atoms with Gasteiger partial charge in [-0.15, -0.1) is 0 Å². The Morgan fingerprint density at radius 3 is 1.92 bits per heavy atom. The number of hydrogen-bond donors (Lipinski definition) is 8. The van der Waals surface area contributed by atoms with Crippen LogP contribution in [0, 0.1) is 0 Å². The Hall–Kier alpha value is -3.61. The summed E-state index contributed by atoms with van der Waals surface area (Å²) in [6, 6.07) is 9.58. The largest absolute Gasteiger partial charge is 0.508 e. The first-order valence-electron chi connectivity index (χ1n) is 11.5. The molecule has 5 atom stereocenters. The van der Waals surface area contributed by atoms with Crippen molar-refractivity contribution in [2.75, 3.05) is 5.75 Å². The predicted molar refractivity (Wildman–Crippen MR) is 139 cm³/mol. The van der Waals surface area contributed by atoms with Gasteiger partial charge in [-0.25, -0.2) is 4.79 Å². The Morgan fingerprint density at radius 2 is 1.38 bits per heavy atom. The summed E-state index contributed by atoms with van der Waals surface area (Å²) in [5.74, 6) is -3.61. The second kappa shape index (κ2) is 14.2. The number of benzene rings is 2. The first kappa shape index (κ1) is 29.6. The average Bonchev–Trinajstić information content (AvgIpc) is 2.87. The van der Waals surface area contributed by atoms with E-state index in [1.54, 1.807) is 42.5 Å². The van der Waals surface area contributed by atoms with E-state index in [2.05, 4.69) is 28.6 Å². The second-order valence-corrected chi connectivity index (χ2v) is 8.90. The summed E-state index contributed by atoms with van der Waals surface area (Å²) < 4.78 is 0. The normalized spacial score (nSPS) is 14.9. The van der Waals surface area contributed by atoms with Crippen molar-refractivity contribution in [3.63, 3.8) is 0 Å². The molecule has 0 saturated heterocycles. The molecule has 5 unspecified atom stereocenters.